The number of azo groups is 1. The molecular formula is C19H23N3O3. The average Bonchev–Trinajstić information content (AvgIpc) is 3.15. The van der Waals surface area contributed by atoms with Crippen molar-refractivity contribution in [3.63, 3.8) is 0 Å². The van der Waals surface area contributed by atoms with Crippen LogP contribution in [0.1, 0.15) is 44.6 Å². The SMILES string of the molecule is CC(=O)O[C@@]1(c2ccccc2)N=N[C@H]2C(=O)N(C3CCCCC3)C[C@@H]21. The minimum Gasteiger partial charge on any atom is -0.431 e. The van der Waals surface area contributed by atoms with Gasteiger partial charge >= 0.3 is 5.97 Å². The lowest BCUT2D eigenvalue weighted by Crippen LogP contribution is -2.41. The summed E-state index contributed by atoms with van der Waals surface area (Å²) in [5.74, 6) is -0.633. The lowest BCUT2D eigenvalue weighted by Gasteiger charge is -2.34. The van der Waals surface area contributed by atoms with E-state index in [0.29, 0.717) is 6.54 Å². The van der Waals surface area contributed by atoms with Crippen molar-refractivity contribution in [2.45, 2.75) is 56.8 Å². The van der Waals surface area contributed by atoms with Crippen LogP contribution in [0.2, 0.25) is 0 Å². The van der Waals surface area contributed by atoms with Gasteiger partial charge < -0.3 is 9.64 Å². The minimum atomic E-state index is -1.18. The Morgan fingerprint density at radius 2 is 1.92 bits per heavy atom. The fraction of sp³-hybridized carbons (Fsp3) is 0.579. The van der Waals surface area contributed by atoms with Crippen LogP contribution in [-0.2, 0) is 20.1 Å². The number of nitrogens with zero attached hydrogens (tertiary/aromatic N) is 3. The first-order chi connectivity index (χ1) is 12.1. The van der Waals surface area contributed by atoms with Crippen molar-refractivity contribution in [3.05, 3.63) is 35.9 Å². The molecule has 1 aromatic carbocycles. The summed E-state index contributed by atoms with van der Waals surface area (Å²) in [7, 11) is 0. The largest absolute Gasteiger partial charge is 0.431 e. The van der Waals surface area contributed by atoms with Gasteiger partial charge in [-0.2, -0.15) is 5.11 Å². The number of carbonyl (C=O) groups excluding carboxylic acids is 2. The first-order valence-corrected chi connectivity index (χ1v) is 9.09. The van der Waals surface area contributed by atoms with Crippen molar-refractivity contribution in [1.29, 1.82) is 0 Å². The number of carbonyl (C=O) groups is 2. The minimum absolute atomic E-state index is 0.0330. The van der Waals surface area contributed by atoms with Crippen molar-refractivity contribution in [2.75, 3.05) is 6.54 Å². The first kappa shape index (κ1) is 16.2. The van der Waals surface area contributed by atoms with E-state index in [1.54, 1.807) is 0 Å². The maximum absolute atomic E-state index is 12.9. The molecular weight excluding hydrogens is 318 g/mol. The van der Waals surface area contributed by atoms with Crippen molar-refractivity contribution < 1.29 is 14.3 Å². The van der Waals surface area contributed by atoms with Gasteiger partial charge in [0.05, 0.1) is 5.92 Å². The van der Waals surface area contributed by atoms with E-state index in [1.807, 2.05) is 35.2 Å². The Morgan fingerprint density at radius 1 is 1.20 bits per heavy atom. The molecule has 2 heterocycles. The molecule has 0 unspecified atom stereocenters. The standard InChI is InChI=1S/C19H23N3O3/c1-13(23)25-19(14-8-4-2-5-9-14)16-12-22(15-10-6-3-7-11-15)18(24)17(16)20-21-19/h2,4-5,8-9,15-17H,3,6-7,10-12H2,1H3/t16-,17+,19+/m0/s1. The molecule has 0 spiro atoms. The molecule has 25 heavy (non-hydrogen) atoms. The van der Waals surface area contributed by atoms with E-state index >= 15 is 0 Å². The summed E-state index contributed by atoms with van der Waals surface area (Å²) in [4.78, 5) is 26.7. The lowest BCUT2D eigenvalue weighted by molar-refractivity contribution is -0.162. The lowest BCUT2D eigenvalue weighted by atomic mass is 9.87. The molecule has 6 nitrogen and oxygen atoms in total. The molecule has 2 aliphatic heterocycles. The van der Waals surface area contributed by atoms with Crippen molar-refractivity contribution >= 4 is 11.9 Å². The number of rotatable bonds is 3. The van der Waals surface area contributed by atoms with Gasteiger partial charge in [-0.15, -0.1) is 5.11 Å². The Bertz CT molecular complexity index is 699. The van der Waals surface area contributed by atoms with E-state index in [0.717, 1.165) is 18.4 Å². The number of likely N-dealkylation sites (tertiary alicyclic amines) is 1. The molecule has 3 atom stereocenters. The predicted molar refractivity (Wildman–Crippen MR) is 90.6 cm³/mol. The van der Waals surface area contributed by atoms with Gasteiger partial charge in [-0.3, -0.25) is 9.59 Å². The fourth-order valence-corrected chi connectivity index (χ4v) is 4.48. The molecule has 3 aliphatic rings. The molecule has 132 valence electrons. The normalized spacial score (nSPS) is 32.0. The summed E-state index contributed by atoms with van der Waals surface area (Å²) in [6.07, 6.45) is 5.67. The van der Waals surface area contributed by atoms with E-state index in [-0.39, 0.29) is 17.9 Å². The number of hydrogen-bond donors (Lipinski definition) is 0. The smallest absolute Gasteiger partial charge is 0.305 e. The molecule has 1 aliphatic carbocycles. The number of fused-ring (bicyclic) bond motifs is 1. The summed E-state index contributed by atoms with van der Waals surface area (Å²) in [5, 5.41) is 8.59. The Kier molecular flexibility index (Phi) is 4.06. The third kappa shape index (κ3) is 2.64. The quantitative estimate of drug-likeness (QED) is 0.793. The summed E-state index contributed by atoms with van der Waals surface area (Å²) >= 11 is 0. The van der Waals surface area contributed by atoms with Crippen LogP contribution in [0.4, 0.5) is 0 Å². The molecule has 2 fully saturated rings. The zero-order valence-electron chi connectivity index (χ0n) is 14.4. The van der Waals surface area contributed by atoms with E-state index in [9.17, 15) is 9.59 Å². The highest BCUT2D eigenvalue weighted by atomic mass is 16.6. The van der Waals surface area contributed by atoms with Crippen LogP contribution in [0.5, 0.6) is 0 Å². The predicted octanol–water partition coefficient (Wildman–Crippen LogP) is 3.03. The van der Waals surface area contributed by atoms with Gasteiger partial charge in [0.25, 0.3) is 5.72 Å². The zero-order valence-corrected chi connectivity index (χ0v) is 14.4. The second-order valence-corrected chi connectivity index (χ2v) is 7.21. The topological polar surface area (TPSA) is 71.3 Å². The number of benzene rings is 1. The van der Waals surface area contributed by atoms with Gasteiger partial charge in [0.15, 0.2) is 6.04 Å². The molecule has 0 N–H and O–H groups in total. The number of hydrogen-bond acceptors (Lipinski definition) is 5. The van der Waals surface area contributed by atoms with E-state index < -0.39 is 17.7 Å². The highest BCUT2D eigenvalue weighted by Gasteiger charge is 2.60. The van der Waals surface area contributed by atoms with Crippen LogP contribution in [0, 0.1) is 5.92 Å². The van der Waals surface area contributed by atoms with Gasteiger partial charge in [-0.05, 0) is 12.8 Å². The zero-order chi connectivity index (χ0) is 17.4. The highest BCUT2D eigenvalue weighted by Crippen LogP contribution is 2.48. The van der Waals surface area contributed by atoms with E-state index in [4.69, 9.17) is 4.74 Å². The summed E-state index contributed by atoms with van der Waals surface area (Å²) in [6, 6.07) is 9.20. The second-order valence-electron chi connectivity index (χ2n) is 7.21. The Labute approximate surface area is 147 Å². The van der Waals surface area contributed by atoms with Crippen molar-refractivity contribution in [3.8, 4) is 0 Å². The fourth-order valence-electron chi connectivity index (χ4n) is 4.48. The molecule has 0 radical (unpaired) electrons. The van der Waals surface area contributed by atoms with Gasteiger partial charge in [-0.25, -0.2) is 0 Å². The molecule has 1 saturated heterocycles. The summed E-state index contributed by atoms with van der Waals surface area (Å²) in [5.41, 5.74) is -0.406. The number of esters is 1. The maximum Gasteiger partial charge on any atom is 0.305 e. The Balaban J connectivity index is 1.67. The van der Waals surface area contributed by atoms with Crippen LogP contribution in [0.25, 0.3) is 0 Å². The Hall–Kier alpha value is -2.24. The average molecular weight is 341 g/mol. The van der Waals surface area contributed by atoms with Gasteiger partial charge in [0.1, 0.15) is 0 Å². The third-order valence-electron chi connectivity index (χ3n) is 5.65. The van der Waals surface area contributed by atoms with E-state index in [1.165, 1.54) is 26.2 Å². The number of amides is 1. The van der Waals surface area contributed by atoms with E-state index in [2.05, 4.69) is 10.2 Å². The highest BCUT2D eigenvalue weighted by molar-refractivity contribution is 5.86. The molecule has 6 heteroatoms. The molecule has 1 aromatic rings. The molecule has 4 rings (SSSR count). The maximum atomic E-state index is 12.9. The van der Waals surface area contributed by atoms with Crippen molar-refractivity contribution in [2.24, 2.45) is 16.1 Å². The molecule has 1 amide bonds. The molecule has 1 saturated carbocycles. The van der Waals surface area contributed by atoms with Crippen LogP contribution in [0.15, 0.2) is 40.6 Å². The van der Waals surface area contributed by atoms with Crippen LogP contribution >= 0.6 is 0 Å². The van der Waals surface area contributed by atoms with Gasteiger partial charge in [0, 0.05) is 25.1 Å². The van der Waals surface area contributed by atoms with Crippen LogP contribution in [0.3, 0.4) is 0 Å². The van der Waals surface area contributed by atoms with Crippen LogP contribution in [-0.4, -0.2) is 35.4 Å². The summed E-state index contributed by atoms with van der Waals surface area (Å²) < 4.78 is 5.70. The van der Waals surface area contributed by atoms with Crippen molar-refractivity contribution in [1.82, 2.24) is 4.90 Å². The van der Waals surface area contributed by atoms with Gasteiger partial charge in [0.2, 0.25) is 5.91 Å². The van der Waals surface area contributed by atoms with Crippen LogP contribution < -0.4 is 0 Å². The second kappa shape index (κ2) is 6.24. The number of ether oxygens (including phenoxy) is 1. The molecule has 0 aromatic heterocycles. The monoisotopic (exact) mass is 341 g/mol. The third-order valence-corrected chi connectivity index (χ3v) is 5.65. The first-order valence-electron chi connectivity index (χ1n) is 9.09. The van der Waals surface area contributed by atoms with Gasteiger partial charge in [-0.1, -0.05) is 49.6 Å². The molecule has 0 bridgehead atoms. The summed E-state index contributed by atoms with van der Waals surface area (Å²) in [6.45, 7) is 1.92. The Morgan fingerprint density at radius 3 is 2.60 bits per heavy atom.